The van der Waals surface area contributed by atoms with Crippen molar-refractivity contribution in [3.05, 3.63) is 18.3 Å². The van der Waals surface area contributed by atoms with Crippen molar-refractivity contribution in [3.63, 3.8) is 0 Å². The molecule has 3 nitrogen and oxygen atoms in total. The predicted octanol–water partition coefficient (Wildman–Crippen LogP) is 1.01. The zero-order valence-electron chi connectivity index (χ0n) is 5.54. The van der Waals surface area contributed by atoms with Gasteiger partial charge in [-0.1, -0.05) is 0 Å². The van der Waals surface area contributed by atoms with E-state index in [1.54, 1.807) is 6.92 Å². The second-order valence-corrected chi connectivity index (χ2v) is 1.61. The Hall–Kier alpha value is -1.19. The lowest BCUT2D eigenvalue weighted by atomic mass is 10.6. The van der Waals surface area contributed by atoms with Gasteiger partial charge >= 0.3 is 0 Å². The van der Waals surface area contributed by atoms with E-state index in [2.05, 4.69) is 9.97 Å². The second kappa shape index (κ2) is 3.10. The molecular weight excluding hydrogens is 135 g/mol. The van der Waals surface area contributed by atoms with Crippen molar-refractivity contribution in [2.45, 2.75) is 6.92 Å². The SMILES string of the molecule is CCOc1ncncc1F. The number of hydrogen-bond donors (Lipinski definition) is 0. The number of halogens is 1. The van der Waals surface area contributed by atoms with Crippen LogP contribution in [0.4, 0.5) is 4.39 Å². The summed E-state index contributed by atoms with van der Waals surface area (Å²) in [7, 11) is 0. The fourth-order valence-corrected chi connectivity index (χ4v) is 0.544. The molecule has 0 amide bonds. The van der Waals surface area contributed by atoms with E-state index >= 15 is 0 Å². The van der Waals surface area contributed by atoms with Gasteiger partial charge in [0.1, 0.15) is 6.33 Å². The Kier molecular flexibility index (Phi) is 2.15. The van der Waals surface area contributed by atoms with Crippen LogP contribution in [0.2, 0.25) is 0 Å². The van der Waals surface area contributed by atoms with E-state index < -0.39 is 5.82 Å². The van der Waals surface area contributed by atoms with Gasteiger partial charge in [-0.15, -0.1) is 0 Å². The van der Waals surface area contributed by atoms with E-state index in [4.69, 9.17) is 4.74 Å². The third kappa shape index (κ3) is 1.40. The Morgan fingerprint density at radius 2 is 2.50 bits per heavy atom. The maximum atomic E-state index is 12.5. The van der Waals surface area contributed by atoms with Crippen LogP contribution in [0.1, 0.15) is 6.92 Å². The maximum Gasteiger partial charge on any atom is 0.253 e. The molecule has 0 saturated heterocycles. The number of ether oxygens (including phenoxy) is 1. The molecule has 0 saturated carbocycles. The van der Waals surface area contributed by atoms with Gasteiger partial charge in [-0.3, -0.25) is 0 Å². The summed E-state index contributed by atoms with van der Waals surface area (Å²) in [6.45, 7) is 2.18. The highest BCUT2D eigenvalue weighted by Gasteiger charge is 2.00. The fourth-order valence-electron chi connectivity index (χ4n) is 0.544. The summed E-state index contributed by atoms with van der Waals surface area (Å²) in [6.07, 6.45) is 2.31. The molecule has 1 rings (SSSR count). The minimum absolute atomic E-state index is 0.0116. The van der Waals surface area contributed by atoms with Crippen LogP contribution in [-0.4, -0.2) is 16.6 Å². The van der Waals surface area contributed by atoms with E-state index in [0.29, 0.717) is 6.61 Å². The molecule has 0 bridgehead atoms. The van der Waals surface area contributed by atoms with Crippen molar-refractivity contribution in [2.24, 2.45) is 0 Å². The van der Waals surface area contributed by atoms with Crippen LogP contribution in [0.3, 0.4) is 0 Å². The van der Waals surface area contributed by atoms with Crippen molar-refractivity contribution in [1.29, 1.82) is 0 Å². The fraction of sp³-hybridized carbons (Fsp3) is 0.333. The number of aromatic nitrogens is 2. The third-order valence-corrected chi connectivity index (χ3v) is 0.915. The lowest BCUT2D eigenvalue weighted by Gasteiger charge is -1.99. The topological polar surface area (TPSA) is 35.0 Å². The van der Waals surface area contributed by atoms with Crippen LogP contribution in [-0.2, 0) is 0 Å². The highest BCUT2D eigenvalue weighted by Crippen LogP contribution is 2.08. The molecule has 0 aliphatic heterocycles. The molecule has 0 unspecified atom stereocenters. The maximum absolute atomic E-state index is 12.5. The zero-order chi connectivity index (χ0) is 7.40. The molecule has 0 fully saturated rings. The van der Waals surface area contributed by atoms with E-state index in [1.807, 2.05) is 0 Å². The molecule has 4 heteroatoms. The third-order valence-electron chi connectivity index (χ3n) is 0.915. The van der Waals surface area contributed by atoms with Crippen molar-refractivity contribution >= 4 is 0 Å². The van der Waals surface area contributed by atoms with Gasteiger partial charge in [0.05, 0.1) is 12.8 Å². The standard InChI is InChI=1S/C6H7FN2O/c1-2-10-6-5(7)3-8-4-9-6/h3-4H,2H2,1H3. The van der Waals surface area contributed by atoms with Gasteiger partial charge < -0.3 is 4.74 Å². The summed E-state index contributed by atoms with van der Waals surface area (Å²) < 4.78 is 17.3. The Labute approximate surface area is 57.9 Å². The number of hydrogen-bond acceptors (Lipinski definition) is 3. The molecular formula is C6H7FN2O. The monoisotopic (exact) mass is 142 g/mol. The number of rotatable bonds is 2. The second-order valence-electron chi connectivity index (χ2n) is 1.61. The van der Waals surface area contributed by atoms with Crippen molar-refractivity contribution in [1.82, 2.24) is 9.97 Å². The average Bonchev–Trinajstić information content (AvgIpc) is 1.94. The van der Waals surface area contributed by atoms with Crippen LogP contribution in [0, 0.1) is 5.82 Å². The van der Waals surface area contributed by atoms with Crippen LogP contribution in [0.15, 0.2) is 12.5 Å². The van der Waals surface area contributed by atoms with Gasteiger partial charge in [-0.25, -0.2) is 4.98 Å². The molecule has 10 heavy (non-hydrogen) atoms. The van der Waals surface area contributed by atoms with E-state index in [-0.39, 0.29) is 5.88 Å². The minimum Gasteiger partial charge on any atom is -0.476 e. The Bertz CT molecular complexity index is 217. The first-order chi connectivity index (χ1) is 4.84. The first kappa shape index (κ1) is 6.92. The van der Waals surface area contributed by atoms with Crippen molar-refractivity contribution in [2.75, 3.05) is 6.61 Å². The van der Waals surface area contributed by atoms with Crippen molar-refractivity contribution < 1.29 is 9.13 Å². The van der Waals surface area contributed by atoms with Crippen LogP contribution < -0.4 is 4.74 Å². The molecule has 1 aromatic heterocycles. The van der Waals surface area contributed by atoms with E-state index in [0.717, 1.165) is 6.20 Å². The van der Waals surface area contributed by atoms with E-state index in [9.17, 15) is 4.39 Å². The summed E-state index contributed by atoms with van der Waals surface area (Å²) in [5.74, 6) is -0.512. The molecule has 1 heterocycles. The molecule has 0 N–H and O–H groups in total. The molecule has 0 spiro atoms. The van der Waals surface area contributed by atoms with Gasteiger partial charge in [0.15, 0.2) is 0 Å². The molecule has 1 aromatic rings. The van der Waals surface area contributed by atoms with E-state index in [1.165, 1.54) is 6.33 Å². The Balaban J connectivity index is 2.81. The highest BCUT2D eigenvalue weighted by molar-refractivity contribution is 5.07. The summed E-state index contributed by atoms with van der Waals surface area (Å²) in [5, 5.41) is 0. The lowest BCUT2D eigenvalue weighted by molar-refractivity contribution is 0.306. The van der Waals surface area contributed by atoms with Gasteiger partial charge in [0, 0.05) is 0 Å². The summed E-state index contributed by atoms with van der Waals surface area (Å²) in [5.41, 5.74) is 0. The zero-order valence-corrected chi connectivity index (χ0v) is 5.54. The minimum atomic E-state index is -0.524. The molecule has 0 aliphatic rings. The summed E-state index contributed by atoms with van der Waals surface area (Å²) >= 11 is 0. The first-order valence-electron chi connectivity index (χ1n) is 2.93. The predicted molar refractivity (Wildman–Crippen MR) is 33.2 cm³/mol. The quantitative estimate of drug-likeness (QED) is 0.618. The summed E-state index contributed by atoms with van der Waals surface area (Å²) in [6, 6.07) is 0. The largest absolute Gasteiger partial charge is 0.476 e. The highest BCUT2D eigenvalue weighted by atomic mass is 19.1. The Morgan fingerprint density at radius 3 is 3.10 bits per heavy atom. The van der Waals surface area contributed by atoms with Gasteiger partial charge in [0.2, 0.25) is 5.82 Å². The molecule has 0 aliphatic carbocycles. The van der Waals surface area contributed by atoms with Gasteiger partial charge in [-0.2, -0.15) is 9.37 Å². The normalized spacial score (nSPS) is 9.40. The number of nitrogens with zero attached hydrogens (tertiary/aromatic N) is 2. The Morgan fingerprint density at radius 1 is 1.70 bits per heavy atom. The first-order valence-corrected chi connectivity index (χ1v) is 2.93. The smallest absolute Gasteiger partial charge is 0.253 e. The molecule has 0 radical (unpaired) electrons. The molecule has 0 atom stereocenters. The molecule has 54 valence electrons. The summed E-state index contributed by atoms with van der Waals surface area (Å²) in [4.78, 5) is 7.02. The average molecular weight is 142 g/mol. The lowest BCUT2D eigenvalue weighted by Crippen LogP contribution is -1.97. The van der Waals surface area contributed by atoms with Gasteiger partial charge in [-0.05, 0) is 6.92 Å². The van der Waals surface area contributed by atoms with Crippen LogP contribution in [0.5, 0.6) is 5.88 Å². The van der Waals surface area contributed by atoms with Gasteiger partial charge in [0.25, 0.3) is 5.88 Å². The van der Waals surface area contributed by atoms with Crippen molar-refractivity contribution in [3.8, 4) is 5.88 Å². The van der Waals surface area contributed by atoms with Crippen LogP contribution in [0.25, 0.3) is 0 Å². The van der Waals surface area contributed by atoms with Crippen LogP contribution >= 0.6 is 0 Å². The molecule has 0 aromatic carbocycles.